The first-order chi connectivity index (χ1) is 14.2. The third-order valence-electron chi connectivity index (χ3n) is 5.35. The van der Waals surface area contributed by atoms with Gasteiger partial charge in [-0.2, -0.15) is 0 Å². The van der Waals surface area contributed by atoms with E-state index < -0.39 is 0 Å². The first kappa shape index (κ1) is 17.6. The van der Waals surface area contributed by atoms with E-state index in [-0.39, 0.29) is 12.7 Å². The second kappa shape index (κ2) is 7.13. The fourth-order valence-corrected chi connectivity index (χ4v) is 3.91. The first-order valence-corrected chi connectivity index (χ1v) is 9.69. The van der Waals surface area contributed by atoms with E-state index in [2.05, 4.69) is 40.3 Å². The predicted molar refractivity (Wildman–Crippen MR) is 110 cm³/mol. The van der Waals surface area contributed by atoms with E-state index in [9.17, 15) is 4.79 Å². The molecular weight excluding hydrogens is 366 g/mol. The maximum atomic E-state index is 12.5. The molecule has 3 heterocycles. The van der Waals surface area contributed by atoms with Crippen LogP contribution in [0.4, 0.5) is 11.5 Å². The van der Waals surface area contributed by atoms with Gasteiger partial charge in [0.15, 0.2) is 11.5 Å². The van der Waals surface area contributed by atoms with Gasteiger partial charge < -0.3 is 19.7 Å². The van der Waals surface area contributed by atoms with Crippen molar-refractivity contribution >= 4 is 17.4 Å². The minimum atomic E-state index is -0.156. The SMILES string of the molecule is CC1Cc2ccccc2N1c1ccc(C(=O)NCc2ccc3c(c2)OCO3)cn1. The van der Waals surface area contributed by atoms with Crippen LogP contribution in [-0.4, -0.2) is 23.7 Å². The van der Waals surface area contributed by atoms with E-state index in [1.54, 1.807) is 6.20 Å². The molecule has 6 heteroatoms. The van der Waals surface area contributed by atoms with Gasteiger partial charge in [-0.25, -0.2) is 4.98 Å². The Morgan fingerprint density at radius 1 is 1.14 bits per heavy atom. The molecule has 2 aliphatic heterocycles. The Morgan fingerprint density at radius 2 is 2.00 bits per heavy atom. The number of rotatable bonds is 4. The molecule has 0 aliphatic carbocycles. The van der Waals surface area contributed by atoms with Crippen LogP contribution in [0.1, 0.15) is 28.4 Å². The maximum Gasteiger partial charge on any atom is 0.253 e. The molecule has 0 spiro atoms. The summed E-state index contributed by atoms with van der Waals surface area (Å²) in [4.78, 5) is 19.3. The summed E-state index contributed by atoms with van der Waals surface area (Å²) in [6.07, 6.45) is 2.63. The molecule has 0 saturated carbocycles. The smallest absolute Gasteiger partial charge is 0.253 e. The largest absolute Gasteiger partial charge is 0.454 e. The zero-order chi connectivity index (χ0) is 19.8. The maximum absolute atomic E-state index is 12.5. The normalized spacial score (nSPS) is 16.6. The van der Waals surface area contributed by atoms with Gasteiger partial charge in [-0.1, -0.05) is 24.3 Å². The van der Waals surface area contributed by atoms with Crippen molar-refractivity contribution in [3.05, 3.63) is 77.5 Å². The summed E-state index contributed by atoms with van der Waals surface area (Å²) in [5.41, 5.74) is 4.00. The van der Waals surface area contributed by atoms with Crippen molar-refractivity contribution in [1.82, 2.24) is 10.3 Å². The van der Waals surface area contributed by atoms with Crippen molar-refractivity contribution in [2.45, 2.75) is 25.9 Å². The van der Waals surface area contributed by atoms with Crippen molar-refractivity contribution in [3.63, 3.8) is 0 Å². The van der Waals surface area contributed by atoms with Gasteiger partial charge in [-0.3, -0.25) is 4.79 Å². The second-order valence-electron chi connectivity index (χ2n) is 7.33. The second-order valence-corrected chi connectivity index (χ2v) is 7.33. The number of aromatic nitrogens is 1. The van der Waals surface area contributed by atoms with Crippen LogP contribution in [0.3, 0.4) is 0 Å². The topological polar surface area (TPSA) is 63.7 Å². The number of carbonyl (C=O) groups is 1. The van der Waals surface area contributed by atoms with Gasteiger partial charge in [-0.15, -0.1) is 0 Å². The van der Waals surface area contributed by atoms with E-state index in [0.717, 1.165) is 23.6 Å². The summed E-state index contributed by atoms with van der Waals surface area (Å²) in [7, 11) is 0. The van der Waals surface area contributed by atoms with Crippen LogP contribution in [-0.2, 0) is 13.0 Å². The van der Waals surface area contributed by atoms with E-state index in [4.69, 9.17) is 9.47 Å². The van der Waals surface area contributed by atoms with Crippen molar-refractivity contribution < 1.29 is 14.3 Å². The monoisotopic (exact) mass is 387 g/mol. The molecule has 1 amide bonds. The minimum Gasteiger partial charge on any atom is -0.454 e. The Kier molecular flexibility index (Phi) is 4.31. The Labute approximate surface area is 169 Å². The van der Waals surface area contributed by atoms with Gasteiger partial charge >= 0.3 is 0 Å². The zero-order valence-electron chi connectivity index (χ0n) is 16.1. The van der Waals surface area contributed by atoms with Crippen molar-refractivity contribution in [3.8, 4) is 11.5 Å². The molecule has 1 aromatic heterocycles. The lowest BCUT2D eigenvalue weighted by Crippen LogP contribution is -2.26. The van der Waals surface area contributed by atoms with Crippen LogP contribution in [0.15, 0.2) is 60.8 Å². The quantitative estimate of drug-likeness (QED) is 0.737. The first-order valence-electron chi connectivity index (χ1n) is 9.69. The molecule has 1 atom stereocenters. The summed E-state index contributed by atoms with van der Waals surface area (Å²) in [6, 6.07) is 18.1. The number of hydrogen-bond acceptors (Lipinski definition) is 5. The number of benzene rings is 2. The third-order valence-corrected chi connectivity index (χ3v) is 5.35. The van der Waals surface area contributed by atoms with Crippen LogP contribution in [0, 0.1) is 0 Å². The molecule has 5 rings (SSSR count). The van der Waals surface area contributed by atoms with Gasteiger partial charge in [0, 0.05) is 24.5 Å². The van der Waals surface area contributed by atoms with Crippen LogP contribution >= 0.6 is 0 Å². The average Bonchev–Trinajstić information content (AvgIpc) is 3.35. The minimum absolute atomic E-state index is 0.156. The molecule has 3 aromatic rings. The molecule has 0 fully saturated rings. The van der Waals surface area contributed by atoms with Crippen LogP contribution in [0.2, 0.25) is 0 Å². The van der Waals surface area contributed by atoms with Crippen LogP contribution < -0.4 is 19.7 Å². The summed E-state index contributed by atoms with van der Waals surface area (Å²) < 4.78 is 10.7. The molecule has 1 N–H and O–H groups in total. The van der Waals surface area contributed by atoms with Gasteiger partial charge in [0.25, 0.3) is 5.91 Å². The summed E-state index contributed by atoms with van der Waals surface area (Å²) in [6.45, 7) is 2.84. The molecule has 0 saturated heterocycles. The number of pyridine rings is 1. The molecule has 146 valence electrons. The number of para-hydroxylation sites is 1. The lowest BCUT2D eigenvalue weighted by Gasteiger charge is -2.23. The van der Waals surface area contributed by atoms with Crippen molar-refractivity contribution in [2.24, 2.45) is 0 Å². The Bertz CT molecular complexity index is 1070. The molecule has 29 heavy (non-hydrogen) atoms. The molecule has 0 radical (unpaired) electrons. The summed E-state index contributed by atoms with van der Waals surface area (Å²) >= 11 is 0. The summed E-state index contributed by atoms with van der Waals surface area (Å²) in [5, 5.41) is 2.93. The number of anilines is 2. The molecule has 0 bridgehead atoms. The number of nitrogens with zero attached hydrogens (tertiary/aromatic N) is 2. The van der Waals surface area contributed by atoms with Crippen molar-refractivity contribution in [2.75, 3.05) is 11.7 Å². The average molecular weight is 387 g/mol. The van der Waals surface area contributed by atoms with Gasteiger partial charge in [0.1, 0.15) is 5.82 Å². The molecule has 1 unspecified atom stereocenters. The lowest BCUT2D eigenvalue weighted by molar-refractivity contribution is 0.0950. The van der Waals surface area contributed by atoms with Crippen LogP contribution in [0.25, 0.3) is 0 Å². The van der Waals surface area contributed by atoms with Crippen LogP contribution in [0.5, 0.6) is 11.5 Å². The molecule has 2 aliphatic rings. The van der Waals surface area contributed by atoms with Gasteiger partial charge in [-0.05, 0) is 54.8 Å². The highest BCUT2D eigenvalue weighted by molar-refractivity contribution is 5.94. The Balaban J connectivity index is 1.27. The molecule has 6 nitrogen and oxygen atoms in total. The van der Waals surface area contributed by atoms with Gasteiger partial charge in [0.05, 0.1) is 5.56 Å². The number of carbonyl (C=O) groups excluding carboxylic acids is 1. The van der Waals surface area contributed by atoms with E-state index >= 15 is 0 Å². The third kappa shape index (κ3) is 3.27. The number of nitrogens with one attached hydrogen (secondary N) is 1. The highest BCUT2D eigenvalue weighted by Gasteiger charge is 2.27. The van der Waals surface area contributed by atoms with Gasteiger partial charge in [0.2, 0.25) is 6.79 Å². The standard InChI is InChI=1S/C23H21N3O3/c1-15-10-17-4-2-3-5-19(17)26(15)22-9-7-18(13-24-22)23(27)25-12-16-6-8-20-21(11-16)29-14-28-20/h2-9,11,13,15H,10,12,14H2,1H3,(H,25,27). The van der Waals surface area contributed by atoms with Crippen molar-refractivity contribution in [1.29, 1.82) is 0 Å². The Hall–Kier alpha value is -3.54. The number of hydrogen-bond donors (Lipinski definition) is 1. The predicted octanol–water partition coefficient (Wildman–Crippen LogP) is 3.82. The Morgan fingerprint density at radius 3 is 2.86 bits per heavy atom. The number of amides is 1. The highest BCUT2D eigenvalue weighted by atomic mass is 16.7. The number of ether oxygens (including phenoxy) is 2. The molecule has 2 aromatic carbocycles. The van der Waals surface area contributed by atoms with E-state index in [1.807, 2.05) is 36.4 Å². The fraction of sp³-hybridized carbons (Fsp3) is 0.217. The number of fused-ring (bicyclic) bond motifs is 2. The lowest BCUT2D eigenvalue weighted by atomic mass is 10.1. The van der Waals surface area contributed by atoms with E-state index in [1.165, 1.54) is 11.3 Å². The summed E-state index contributed by atoms with van der Waals surface area (Å²) in [5.74, 6) is 2.15. The zero-order valence-corrected chi connectivity index (χ0v) is 16.1. The van der Waals surface area contributed by atoms with E-state index in [0.29, 0.717) is 23.9 Å². The fourth-order valence-electron chi connectivity index (χ4n) is 3.91. The molecular formula is C23H21N3O3. The highest BCUT2D eigenvalue weighted by Crippen LogP contribution is 2.37.